The number of hydrogen-bond donors (Lipinski definition) is 0. The Bertz CT molecular complexity index is 922. The lowest BCUT2D eigenvalue weighted by atomic mass is 9.89. The molecule has 0 radical (unpaired) electrons. The molecule has 0 saturated carbocycles. The van der Waals surface area contributed by atoms with Crippen LogP contribution in [-0.2, 0) is 29.4 Å². The van der Waals surface area contributed by atoms with E-state index in [0.29, 0.717) is 31.3 Å². The lowest BCUT2D eigenvalue weighted by Crippen LogP contribution is -2.52. The molecule has 188 valence electrons. The van der Waals surface area contributed by atoms with Gasteiger partial charge in [-0.2, -0.15) is 13.2 Å². The van der Waals surface area contributed by atoms with Crippen molar-refractivity contribution in [2.24, 2.45) is 0 Å². The number of esters is 2. The molecule has 8 heteroatoms. The van der Waals surface area contributed by atoms with Crippen LogP contribution in [-0.4, -0.2) is 36.9 Å². The van der Waals surface area contributed by atoms with Crippen LogP contribution in [0.5, 0.6) is 0 Å². The molecule has 0 aliphatic carbocycles. The zero-order chi connectivity index (χ0) is 25.6. The van der Waals surface area contributed by atoms with Crippen LogP contribution < -0.4 is 0 Å². The molecule has 5 nitrogen and oxygen atoms in total. The highest BCUT2D eigenvalue weighted by Gasteiger charge is 2.64. The molecule has 0 bridgehead atoms. The number of carbonyl (C=O) groups excluding carboxylic acids is 2. The Balaban J connectivity index is 2.35. The summed E-state index contributed by atoms with van der Waals surface area (Å²) in [5, 5.41) is 0. The Morgan fingerprint density at radius 3 is 2.24 bits per heavy atom. The Labute approximate surface area is 199 Å². The van der Waals surface area contributed by atoms with Gasteiger partial charge in [-0.15, -0.1) is 0 Å². The predicted octanol–water partition coefficient (Wildman–Crippen LogP) is 6.18. The van der Waals surface area contributed by atoms with Gasteiger partial charge >= 0.3 is 18.1 Å². The molecule has 1 aromatic carbocycles. The van der Waals surface area contributed by atoms with Crippen LogP contribution in [0, 0.1) is 0 Å². The van der Waals surface area contributed by atoms with Crippen molar-refractivity contribution in [2.45, 2.75) is 83.3 Å². The Kier molecular flexibility index (Phi) is 9.11. The second-order valence-electron chi connectivity index (χ2n) is 8.29. The molecule has 0 amide bonds. The second-order valence-corrected chi connectivity index (χ2v) is 8.29. The van der Waals surface area contributed by atoms with E-state index in [1.165, 1.54) is 24.3 Å². The molecule has 3 atom stereocenters. The molecule has 1 aliphatic heterocycles. The number of ether oxygens (including phenoxy) is 3. The van der Waals surface area contributed by atoms with Crippen LogP contribution in [0.3, 0.4) is 0 Å². The van der Waals surface area contributed by atoms with E-state index < -0.39 is 29.5 Å². The van der Waals surface area contributed by atoms with Gasteiger partial charge in [0.05, 0.1) is 0 Å². The maximum Gasteiger partial charge on any atom is 0.432 e. The van der Waals surface area contributed by atoms with Crippen LogP contribution in [0.15, 0.2) is 53.6 Å². The smallest absolute Gasteiger partial charge is 0.432 e. The van der Waals surface area contributed by atoms with E-state index in [0.717, 1.165) is 12.7 Å². The molecule has 1 aromatic rings. The zero-order valence-corrected chi connectivity index (χ0v) is 20.3. The minimum atomic E-state index is -5.04. The lowest BCUT2D eigenvalue weighted by Gasteiger charge is -2.33. The predicted molar refractivity (Wildman–Crippen MR) is 122 cm³/mol. The summed E-state index contributed by atoms with van der Waals surface area (Å²) in [6.45, 7) is 7.39. The number of benzene rings is 1. The van der Waals surface area contributed by atoms with Crippen LogP contribution in [0.25, 0.3) is 0 Å². The van der Waals surface area contributed by atoms with E-state index in [2.05, 4.69) is 0 Å². The maximum absolute atomic E-state index is 14.2. The summed E-state index contributed by atoms with van der Waals surface area (Å²) >= 11 is 0. The summed E-state index contributed by atoms with van der Waals surface area (Å²) in [6, 6.07) is 6.72. The molecular formula is C26H33F3O5. The van der Waals surface area contributed by atoms with E-state index in [9.17, 15) is 22.8 Å². The molecule has 1 heterocycles. The third kappa shape index (κ3) is 5.54. The monoisotopic (exact) mass is 482 g/mol. The number of hydrogen-bond acceptors (Lipinski definition) is 5. The van der Waals surface area contributed by atoms with Gasteiger partial charge in [-0.1, -0.05) is 63.6 Å². The molecule has 0 N–H and O–H groups in total. The van der Waals surface area contributed by atoms with Crippen molar-refractivity contribution in [1.29, 1.82) is 0 Å². The van der Waals surface area contributed by atoms with Crippen LogP contribution in [0.1, 0.15) is 65.4 Å². The molecule has 0 saturated heterocycles. The highest BCUT2D eigenvalue weighted by molar-refractivity contribution is 5.91. The maximum atomic E-state index is 14.2. The van der Waals surface area contributed by atoms with Gasteiger partial charge in [0.1, 0.15) is 11.7 Å². The highest BCUT2D eigenvalue weighted by Crippen LogP contribution is 2.43. The van der Waals surface area contributed by atoms with E-state index in [1.54, 1.807) is 19.1 Å². The third-order valence-electron chi connectivity index (χ3n) is 6.21. The SMILES string of the molecule is CCC1=C[C@@](CC)(C/C(=C/[C@H](CC)OC(=O)[C@](OC)(c2ccccc2)C(F)(F)F)CC)OC1=O. The van der Waals surface area contributed by atoms with Gasteiger partial charge in [-0.3, -0.25) is 0 Å². The molecule has 0 spiro atoms. The van der Waals surface area contributed by atoms with Crippen LogP contribution >= 0.6 is 0 Å². The average molecular weight is 483 g/mol. The minimum Gasteiger partial charge on any atom is -0.455 e. The number of methoxy groups -OCH3 is 1. The van der Waals surface area contributed by atoms with Crippen molar-refractivity contribution < 1.29 is 37.0 Å². The van der Waals surface area contributed by atoms with Gasteiger partial charge in [0.2, 0.25) is 0 Å². The number of cyclic esters (lactones) is 1. The first-order chi connectivity index (χ1) is 16.0. The number of carbonyl (C=O) groups is 2. The first kappa shape index (κ1) is 27.6. The largest absolute Gasteiger partial charge is 0.455 e. The summed E-state index contributed by atoms with van der Waals surface area (Å²) < 4.78 is 58.4. The van der Waals surface area contributed by atoms with Crippen molar-refractivity contribution in [3.05, 3.63) is 59.2 Å². The van der Waals surface area contributed by atoms with Crippen molar-refractivity contribution in [3.63, 3.8) is 0 Å². The molecule has 1 aliphatic rings. The standard InChI is InChI=1S/C26H33F3O5/c1-6-18(16-24(9-4)17-19(7-2)22(30)34-24)15-21(8-3)33-23(31)25(32-5,26(27,28)29)20-13-11-10-12-14-20/h10-15,17,21H,6-9,16H2,1-5H3/b18-15+/t21-,24+,25+/m0/s1. The number of halogens is 3. The van der Waals surface area contributed by atoms with Crippen molar-refractivity contribution in [2.75, 3.05) is 7.11 Å². The fourth-order valence-corrected chi connectivity index (χ4v) is 4.08. The van der Waals surface area contributed by atoms with E-state index in [4.69, 9.17) is 14.2 Å². The third-order valence-corrected chi connectivity index (χ3v) is 6.21. The Morgan fingerprint density at radius 2 is 1.79 bits per heavy atom. The van der Waals surface area contributed by atoms with Crippen molar-refractivity contribution in [1.82, 2.24) is 0 Å². The Morgan fingerprint density at radius 1 is 1.15 bits per heavy atom. The normalized spacial score (nSPS) is 21.5. The first-order valence-corrected chi connectivity index (χ1v) is 11.6. The number of rotatable bonds is 11. The van der Waals surface area contributed by atoms with E-state index in [1.807, 2.05) is 26.8 Å². The highest BCUT2D eigenvalue weighted by atomic mass is 19.4. The van der Waals surface area contributed by atoms with Gasteiger partial charge < -0.3 is 14.2 Å². The van der Waals surface area contributed by atoms with E-state index in [-0.39, 0.29) is 18.0 Å². The van der Waals surface area contributed by atoms with Crippen molar-refractivity contribution in [3.8, 4) is 0 Å². The summed E-state index contributed by atoms with van der Waals surface area (Å²) in [5.74, 6) is -1.88. The molecule has 2 rings (SSSR count). The van der Waals surface area contributed by atoms with Gasteiger partial charge in [-0.05, 0) is 37.8 Å². The fourth-order valence-electron chi connectivity index (χ4n) is 4.08. The lowest BCUT2D eigenvalue weighted by molar-refractivity contribution is -0.277. The zero-order valence-electron chi connectivity index (χ0n) is 20.3. The summed E-state index contributed by atoms with van der Waals surface area (Å²) in [4.78, 5) is 25.1. The molecule has 0 aromatic heterocycles. The first-order valence-electron chi connectivity index (χ1n) is 11.6. The van der Waals surface area contributed by atoms with Gasteiger partial charge in [0, 0.05) is 24.7 Å². The minimum absolute atomic E-state index is 0.261. The molecule has 0 unspecified atom stereocenters. The number of alkyl halides is 3. The van der Waals surface area contributed by atoms with E-state index >= 15 is 0 Å². The summed E-state index contributed by atoms with van der Waals surface area (Å²) in [6.07, 6.45) is -0.181. The van der Waals surface area contributed by atoms with Crippen LogP contribution in [0.4, 0.5) is 13.2 Å². The van der Waals surface area contributed by atoms with Crippen LogP contribution in [0.2, 0.25) is 0 Å². The summed E-state index contributed by atoms with van der Waals surface area (Å²) in [5.41, 5.74) is -2.98. The molecule has 0 fully saturated rings. The Hall–Kier alpha value is -2.61. The van der Waals surface area contributed by atoms with Crippen molar-refractivity contribution >= 4 is 11.9 Å². The quantitative estimate of drug-likeness (QED) is 0.278. The van der Waals surface area contributed by atoms with Gasteiger partial charge in [0.25, 0.3) is 5.60 Å². The summed E-state index contributed by atoms with van der Waals surface area (Å²) in [7, 11) is 0.840. The van der Waals surface area contributed by atoms with Gasteiger partial charge in [0.15, 0.2) is 0 Å². The fraction of sp³-hybridized carbons (Fsp3) is 0.538. The topological polar surface area (TPSA) is 61.8 Å². The molecule has 34 heavy (non-hydrogen) atoms. The van der Waals surface area contributed by atoms with Gasteiger partial charge in [-0.25, -0.2) is 9.59 Å². The average Bonchev–Trinajstić information content (AvgIpc) is 3.14. The molecular weight excluding hydrogens is 449 g/mol. The second kappa shape index (κ2) is 11.2.